The fraction of sp³-hybridized carbons (Fsp3) is 0.281. The maximum atomic E-state index is 4.43. The van der Waals surface area contributed by atoms with Gasteiger partial charge < -0.3 is 0 Å². The molecule has 0 aromatic heterocycles. The maximum absolute atomic E-state index is 4.43. The summed E-state index contributed by atoms with van der Waals surface area (Å²) in [5, 5.41) is 5.70. The summed E-state index contributed by atoms with van der Waals surface area (Å²) in [6.45, 7) is 0. The summed E-state index contributed by atoms with van der Waals surface area (Å²) in [6.07, 6.45) is 17.2. The van der Waals surface area contributed by atoms with Crippen LogP contribution in [0.25, 0.3) is 17.7 Å². The molecule has 1 aliphatic heterocycles. The number of fused-ring (bicyclic) bond motifs is 5. The Bertz CT molecular complexity index is 1550. The van der Waals surface area contributed by atoms with Crippen molar-refractivity contribution in [2.75, 3.05) is 0 Å². The molecule has 7 rings (SSSR count). The Morgan fingerprint density at radius 1 is 0.818 bits per heavy atom. The molecule has 0 saturated heterocycles. The number of rotatable bonds is 2. The lowest BCUT2D eigenvalue weighted by atomic mass is 9.67. The zero-order valence-electron chi connectivity index (χ0n) is 19.0. The molecule has 1 saturated carbocycles. The van der Waals surface area contributed by atoms with Gasteiger partial charge in [-0.3, -0.25) is 4.99 Å². The van der Waals surface area contributed by atoms with Crippen LogP contribution in [0.15, 0.2) is 59.7 Å². The van der Waals surface area contributed by atoms with E-state index in [1.54, 1.807) is 11.1 Å². The van der Waals surface area contributed by atoms with Crippen molar-refractivity contribution >= 4 is 23.9 Å². The number of nitrogens with zero attached hydrogens (tertiary/aromatic N) is 1. The zero-order valence-corrected chi connectivity index (χ0v) is 19.0. The summed E-state index contributed by atoms with van der Waals surface area (Å²) in [7, 11) is 0. The Morgan fingerprint density at radius 3 is 2.64 bits per heavy atom. The van der Waals surface area contributed by atoms with Gasteiger partial charge in [0.25, 0.3) is 0 Å². The minimum absolute atomic E-state index is 0.750. The highest BCUT2D eigenvalue weighted by atomic mass is 14.7. The van der Waals surface area contributed by atoms with Crippen molar-refractivity contribution in [3.05, 3.63) is 109 Å². The molecule has 3 aromatic carbocycles. The first kappa shape index (κ1) is 19.3. The van der Waals surface area contributed by atoms with Gasteiger partial charge in [0.15, 0.2) is 0 Å². The average molecular weight is 427 g/mol. The Morgan fingerprint density at radius 2 is 1.73 bits per heavy atom. The monoisotopic (exact) mass is 426 g/mol. The number of benzene rings is 3. The minimum atomic E-state index is 0.750. The van der Waals surface area contributed by atoms with Gasteiger partial charge >= 0.3 is 0 Å². The van der Waals surface area contributed by atoms with Crippen LogP contribution in [0.3, 0.4) is 0 Å². The molecule has 33 heavy (non-hydrogen) atoms. The third-order valence-corrected chi connectivity index (χ3v) is 8.46. The van der Waals surface area contributed by atoms with Crippen molar-refractivity contribution in [3.63, 3.8) is 0 Å². The lowest BCUT2D eigenvalue weighted by Crippen LogP contribution is -2.33. The third kappa shape index (κ3) is 3.09. The quantitative estimate of drug-likeness (QED) is 0.529. The summed E-state index contributed by atoms with van der Waals surface area (Å²) < 4.78 is 0. The van der Waals surface area contributed by atoms with Gasteiger partial charge in [-0.25, -0.2) is 0 Å². The number of aliphatic imine (C=N–C) groups is 1. The molecule has 1 heterocycles. The first-order valence-corrected chi connectivity index (χ1v) is 12.5. The van der Waals surface area contributed by atoms with E-state index in [1.807, 2.05) is 12.4 Å². The second kappa shape index (κ2) is 7.70. The predicted molar refractivity (Wildman–Crippen MR) is 136 cm³/mol. The molecular weight excluding hydrogens is 398 g/mol. The fourth-order valence-corrected chi connectivity index (χ4v) is 6.52. The van der Waals surface area contributed by atoms with Gasteiger partial charge in [-0.2, -0.15) is 0 Å². The van der Waals surface area contributed by atoms with E-state index < -0.39 is 0 Å². The molecule has 0 amide bonds. The first-order chi connectivity index (χ1) is 16.4. The van der Waals surface area contributed by atoms with Crippen LogP contribution >= 0.6 is 0 Å². The number of hydrogen-bond donors (Lipinski definition) is 0. The van der Waals surface area contributed by atoms with E-state index in [4.69, 9.17) is 0 Å². The van der Waals surface area contributed by atoms with Crippen molar-refractivity contribution < 1.29 is 0 Å². The first-order valence-electron chi connectivity index (χ1n) is 12.5. The third-order valence-electron chi connectivity index (χ3n) is 8.46. The van der Waals surface area contributed by atoms with E-state index in [2.05, 4.69) is 71.7 Å². The molecule has 1 radical (unpaired) electrons. The lowest BCUT2D eigenvalue weighted by Gasteiger charge is -2.38. The number of hydrogen-bond acceptors (Lipinski definition) is 1. The second-order valence-electron chi connectivity index (χ2n) is 10.1. The van der Waals surface area contributed by atoms with Crippen LogP contribution in [0.2, 0.25) is 0 Å². The molecule has 3 aliphatic carbocycles. The standard InChI is InChI=1S/C32H28N/c1-2-9-25-22(5-1)11-12-29-28(25)13-14-30-31(19-24(20-32(29)30)21-6-3-7-21)27-10-4-8-23-15-17-33-18-16-26(23)27/h1-2,4-5,8-9,11,13-14,16-18,21,24H,3,6-7,12,15,19-20H2. The van der Waals surface area contributed by atoms with E-state index in [0.29, 0.717) is 0 Å². The smallest absolute Gasteiger partial charge is 0.0270 e. The molecule has 1 heteroatoms. The van der Waals surface area contributed by atoms with Gasteiger partial charge in [0, 0.05) is 18.8 Å². The molecule has 1 nitrogen and oxygen atoms in total. The lowest BCUT2D eigenvalue weighted by molar-refractivity contribution is 0.205. The summed E-state index contributed by atoms with van der Waals surface area (Å²) >= 11 is 0. The summed E-state index contributed by atoms with van der Waals surface area (Å²) in [4.78, 5) is 4.43. The van der Waals surface area contributed by atoms with Gasteiger partial charge in [0.1, 0.15) is 0 Å². The van der Waals surface area contributed by atoms with Crippen molar-refractivity contribution in [1.82, 2.24) is 0 Å². The highest BCUT2D eigenvalue weighted by Gasteiger charge is 2.32. The Balaban J connectivity index is 1.53. The minimum Gasteiger partial charge on any atom is -0.269 e. The van der Waals surface area contributed by atoms with Crippen LogP contribution in [-0.4, -0.2) is 6.21 Å². The average Bonchev–Trinajstić information content (AvgIpc) is 3.08. The molecule has 0 spiro atoms. The highest BCUT2D eigenvalue weighted by Crippen LogP contribution is 2.42. The second-order valence-corrected chi connectivity index (χ2v) is 10.1. The van der Waals surface area contributed by atoms with E-state index in [-0.39, 0.29) is 0 Å². The molecule has 3 aromatic rings. The Hall–Kier alpha value is -3.19. The predicted octanol–water partition coefficient (Wildman–Crippen LogP) is 5.27. The van der Waals surface area contributed by atoms with E-state index in [1.165, 1.54) is 75.2 Å². The van der Waals surface area contributed by atoms with Crippen LogP contribution in [0.4, 0.5) is 0 Å². The molecular formula is C32H28N. The SMILES string of the molecule is [c]1ccc2c(c1C1=c3ccc4c(c3CC(C3CCC3)C1)CC=c1ccccc1=4)C=CN=CC2. The molecule has 161 valence electrons. The van der Waals surface area contributed by atoms with Crippen molar-refractivity contribution in [2.45, 2.75) is 44.9 Å². The van der Waals surface area contributed by atoms with Gasteiger partial charge in [-0.05, 0) is 97.5 Å². The van der Waals surface area contributed by atoms with Crippen molar-refractivity contribution in [1.29, 1.82) is 0 Å². The normalized spacial score (nSPS) is 20.6. The molecule has 4 aliphatic rings. The summed E-state index contributed by atoms with van der Waals surface area (Å²) in [5.41, 5.74) is 8.67. The van der Waals surface area contributed by atoms with Crippen LogP contribution in [-0.2, 0) is 19.3 Å². The molecule has 1 unspecified atom stereocenters. The van der Waals surface area contributed by atoms with E-state index in [9.17, 15) is 0 Å². The van der Waals surface area contributed by atoms with Crippen LogP contribution in [0.1, 0.15) is 53.5 Å². The van der Waals surface area contributed by atoms with Crippen LogP contribution < -0.4 is 10.4 Å². The van der Waals surface area contributed by atoms with Crippen molar-refractivity contribution in [3.8, 4) is 0 Å². The van der Waals surface area contributed by atoms with Gasteiger partial charge in [-0.1, -0.05) is 73.9 Å². The molecule has 0 bridgehead atoms. The summed E-state index contributed by atoms with van der Waals surface area (Å²) in [6, 6.07) is 21.7. The zero-order chi connectivity index (χ0) is 21.8. The topological polar surface area (TPSA) is 12.4 Å². The maximum Gasteiger partial charge on any atom is 0.0270 e. The molecule has 1 atom stereocenters. The van der Waals surface area contributed by atoms with Crippen LogP contribution in [0, 0.1) is 28.3 Å². The Labute approximate surface area is 195 Å². The van der Waals surface area contributed by atoms with Crippen molar-refractivity contribution in [2.24, 2.45) is 16.8 Å². The summed E-state index contributed by atoms with van der Waals surface area (Å²) in [5.74, 6) is 1.63. The van der Waals surface area contributed by atoms with Gasteiger partial charge in [0.2, 0.25) is 0 Å². The Kier molecular flexibility index (Phi) is 4.50. The van der Waals surface area contributed by atoms with E-state index >= 15 is 0 Å². The van der Waals surface area contributed by atoms with E-state index in [0.717, 1.165) is 24.7 Å². The van der Waals surface area contributed by atoms with Crippen LogP contribution in [0.5, 0.6) is 0 Å². The van der Waals surface area contributed by atoms with Gasteiger partial charge in [-0.15, -0.1) is 0 Å². The van der Waals surface area contributed by atoms with Gasteiger partial charge in [0.05, 0.1) is 0 Å². The largest absolute Gasteiger partial charge is 0.269 e. The fourth-order valence-electron chi connectivity index (χ4n) is 6.52. The molecule has 1 fully saturated rings. The highest BCUT2D eigenvalue weighted by molar-refractivity contribution is 5.80. The molecule has 0 N–H and O–H groups in total.